The van der Waals surface area contributed by atoms with Gasteiger partial charge >= 0.3 is 8.80 Å². The molecule has 0 heterocycles. The van der Waals surface area contributed by atoms with Gasteiger partial charge in [0.1, 0.15) is 0 Å². The van der Waals surface area contributed by atoms with Crippen molar-refractivity contribution in [2.45, 2.75) is 25.6 Å². The summed E-state index contributed by atoms with van der Waals surface area (Å²) in [5, 5.41) is 0. The summed E-state index contributed by atoms with van der Waals surface area (Å²) in [6.07, 6.45) is 5.18. The van der Waals surface area contributed by atoms with Crippen molar-refractivity contribution in [1.29, 1.82) is 0 Å². The van der Waals surface area contributed by atoms with Crippen LogP contribution in [-0.4, -0.2) is 54.3 Å². The third-order valence-electron chi connectivity index (χ3n) is 3.89. The van der Waals surface area contributed by atoms with E-state index in [2.05, 4.69) is 29.2 Å². The fraction of sp³-hybridized carbons (Fsp3) is 0.529. The lowest BCUT2D eigenvalue weighted by Gasteiger charge is -2.28. The second kappa shape index (κ2) is 12.6. The first-order valence-electron chi connectivity index (χ1n) is 7.93. The van der Waals surface area contributed by atoms with Gasteiger partial charge in [-0.25, -0.2) is 0 Å². The van der Waals surface area contributed by atoms with E-state index in [4.69, 9.17) is 19.0 Å². The van der Waals surface area contributed by atoms with Crippen LogP contribution in [0.25, 0.3) is 6.08 Å². The van der Waals surface area contributed by atoms with Crippen LogP contribution in [0.3, 0.4) is 0 Å². The van der Waals surface area contributed by atoms with Crippen molar-refractivity contribution >= 4 is 27.3 Å². The molecule has 0 radical (unpaired) electrons. The average Bonchev–Trinajstić information content (AvgIpc) is 2.58. The minimum Gasteiger partial charge on any atom is -0.377 e. The Labute approximate surface area is 153 Å². The lowest BCUT2D eigenvalue weighted by Crippen LogP contribution is -2.45. The fourth-order valence-electron chi connectivity index (χ4n) is 2.40. The Morgan fingerprint density at radius 2 is 1.71 bits per heavy atom. The third-order valence-corrected chi connectivity index (χ3v) is 6.72. The maximum atomic E-state index is 6.07. The molecule has 0 saturated carbocycles. The summed E-state index contributed by atoms with van der Waals surface area (Å²) in [5.74, 6) is 0. The highest BCUT2D eigenvalue weighted by Crippen LogP contribution is 2.15. The standard InChI is InChI=1S/C17H30N2O3Si.ClH/c1-16(18)19(13-8-12-17-10-6-5-7-11-17)14-9-15-23(20-2,21-3)22-4;/h5-8,10-12,16H,9,13-15,18H2,1-4H3;1H/b12-8+;. The van der Waals surface area contributed by atoms with E-state index in [-0.39, 0.29) is 18.6 Å². The lowest BCUT2D eigenvalue weighted by molar-refractivity contribution is 0.120. The summed E-state index contributed by atoms with van der Waals surface area (Å²) in [6.45, 7) is 3.69. The number of halogens is 1. The van der Waals surface area contributed by atoms with Gasteiger partial charge in [0.15, 0.2) is 0 Å². The fourth-order valence-corrected chi connectivity index (χ4v) is 4.11. The molecule has 138 valence electrons. The van der Waals surface area contributed by atoms with Gasteiger partial charge in [-0.15, -0.1) is 12.4 Å². The molecule has 0 aliphatic rings. The van der Waals surface area contributed by atoms with E-state index in [0.717, 1.165) is 25.6 Å². The maximum Gasteiger partial charge on any atom is 0.500 e. The molecule has 7 heteroatoms. The van der Waals surface area contributed by atoms with Gasteiger partial charge in [-0.1, -0.05) is 42.5 Å². The molecule has 0 saturated heterocycles. The Morgan fingerprint density at radius 3 is 2.21 bits per heavy atom. The molecule has 0 fully saturated rings. The van der Waals surface area contributed by atoms with Gasteiger partial charge < -0.3 is 19.0 Å². The molecule has 24 heavy (non-hydrogen) atoms. The zero-order chi connectivity index (χ0) is 17.1. The Hall–Kier alpha value is -0.733. The molecule has 1 unspecified atom stereocenters. The second-order valence-corrected chi connectivity index (χ2v) is 8.54. The smallest absolute Gasteiger partial charge is 0.377 e. The molecular weight excluding hydrogens is 344 g/mol. The summed E-state index contributed by atoms with van der Waals surface area (Å²) in [4.78, 5) is 2.22. The van der Waals surface area contributed by atoms with E-state index in [9.17, 15) is 0 Å². The molecule has 0 amide bonds. The van der Waals surface area contributed by atoms with Gasteiger partial charge in [0.2, 0.25) is 0 Å². The van der Waals surface area contributed by atoms with Crippen LogP contribution in [0, 0.1) is 0 Å². The molecule has 1 aromatic rings. The molecule has 1 atom stereocenters. The SMILES string of the molecule is CO[Si](CCCN(C/C=C/c1ccccc1)C(C)N)(OC)OC.Cl. The normalized spacial score (nSPS) is 13.2. The Bertz CT molecular complexity index is 448. The minimum absolute atomic E-state index is 0. The summed E-state index contributed by atoms with van der Waals surface area (Å²) in [5.41, 5.74) is 7.27. The van der Waals surface area contributed by atoms with Gasteiger partial charge in [0.25, 0.3) is 0 Å². The van der Waals surface area contributed by atoms with Crippen molar-refractivity contribution in [3.05, 3.63) is 42.0 Å². The van der Waals surface area contributed by atoms with Gasteiger partial charge in [-0.2, -0.15) is 0 Å². The first kappa shape index (κ1) is 23.3. The predicted octanol–water partition coefficient (Wildman–Crippen LogP) is 3.00. The molecule has 1 aromatic carbocycles. The van der Waals surface area contributed by atoms with E-state index in [1.165, 1.54) is 5.56 Å². The largest absolute Gasteiger partial charge is 0.500 e. The molecule has 0 bridgehead atoms. The van der Waals surface area contributed by atoms with Crippen molar-refractivity contribution in [3.63, 3.8) is 0 Å². The molecule has 0 aliphatic heterocycles. The Balaban J connectivity index is 0.00000529. The molecule has 1 rings (SSSR count). The zero-order valence-corrected chi connectivity index (χ0v) is 16.9. The van der Waals surface area contributed by atoms with E-state index in [1.54, 1.807) is 21.3 Å². The maximum absolute atomic E-state index is 6.07. The molecule has 2 N–H and O–H groups in total. The van der Waals surface area contributed by atoms with Gasteiger partial charge in [0.05, 0.1) is 6.17 Å². The second-order valence-electron chi connectivity index (χ2n) is 5.45. The molecular formula is C17H31ClN2O3Si. The van der Waals surface area contributed by atoms with Crippen molar-refractivity contribution < 1.29 is 13.3 Å². The van der Waals surface area contributed by atoms with Crippen LogP contribution >= 0.6 is 12.4 Å². The van der Waals surface area contributed by atoms with Crippen LogP contribution in [0.1, 0.15) is 18.9 Å². The van der Waals surface area contributed by atoms with Crippen LogP contribution in [0.5, 0.6) is 0 Å². The quantitative estimate of drug-likeness (QED) is 0.476. The number of nitrogens with zero attached hydrogens (tertiary/aromatic N) is 1. The van der Waals surface area contributed by atoms with Crippen LogP contribution in [0.15, 0.2) is 36.4 Å². The van der Waals surface area contributed by atoms with Crippen LogP contribution in [-0.2, 0) is 13.3 Å². The summed E-state index contributed by atoms with van der Waals surface area (Å²) in [6, 6.07) is 11.0. The van der Waals surface area contributed by atoms with Crippen molar-refractivity contribution in [1.82, 2.24) is 4.90 Å². The van der Waals surface area contributed by atoms with Crippen molar-refractivity contribution in [2.24, 2.45) is 5.73 Å². The summed E-state index contributed by atoms with van der Waals surface area (Å²) >= 11 is 0. The van der Waals surface area contributed by atoms with E-state index in [0.29, 0.717) is 0 Å². The van der Waals surface area contributed by atoms with Gasteiger partial charge in [0, 0.05) is 33.9 Å². The van der Waals surface area contributed by atoms with Crippen LogP contribution < -0.4 is 5.73 Å². The highest BCUT2D eigenvalue weighted by molar-refractivity contribution is 6.60. The average molecular weight is 375 g/mol. The highest BCUT2D eigenvalue weighted by atomic mass is 35.5. The first-order valence-corrected chi connectivity index (χ1v) is 9.86. The van der Waals surface area contributed by atoms with Crippen molar-refractivity contribution in [2.75, 3.05) is 34.4 Å². The molecule has 5 nitrogen and oxygen atoms in total. The van der Waals surface area contributed by atoms with Crippen molar-refractivity contribution in [3.8, 4) is 0 Å². The number of hydrogen-bond donors (Lipinski definition) is 1. The first-order chi connectivity index (χ1) is 11.1. The predicted molar refractivity (Wildman–Crippen MR) is 104 cm³/mol. The number of benzene rings is 1. The topological polar surface area (TPSA) is 57.0 Å². The number of nitrogens with two attached hydrogens (primary N) is 1. The van der Waals surface area contributed by atoms with E-state index in [1.807, 2.05) is 25.1 Å². The summed E-state index contributed by atoms with van der Waals surface area (Å²) in [7, 11) is 2.44. The summed E-state index contributed by atoms with van der Waals surface area (Å²) < 4.78 is 16.3. The van der Waals surface area contributed by atoms with Crippen LogP contribution in [0.4, 0.5) is 0 Å². The zero-order valence-electron chi connectivity index (χ0n) is 15.1. The van der Waals surface area contributed by atoms with E-state index >= 15 is 0 Å². The number of hydrogen-bond acceptors (Lipinski definition) is 5. The highest BCUT2D eigenvalue weighted by Gasteiger charge is 2.37. The Morgan fingerprint density at radius 1 is 1.12 bits per heavy atom. The Kier molecular flexibility index (Phi) is 12.2. The third kappa shape index (κ3) is 7.89. The van der Waals surface area contributed by atoms with Gasteiger partial charge in [-0.3, -0.25) is 4.90 Å². The minimum atomic E-state index is -2.49. The molecule has 0 aromatic heterocycles. The molecule has 0 spiro atoms. The van der Waals surface area contributed by atoms with Crippen LogP contribution in [0.2, 0.25) is 6.04 Å². The van der Waals surface area contributed by atoms with Gasteiger partial charge in [-0.05, 0) is 25.5 Å². The monoisotopic (exact) mass is 374 g/mol. The number of rotatable bonds is 11. The lowest BCUT2D eigenvalue weighted by atomic mass is 10.2. The van der Waals surface area contributed by atoms with E-state index < -0.39 is 8.80 Å². The molecule has 0 aliphatic carbocycles.